The van der Waals surface area contributed by atoms with E-state index in [-0.39, 0.29) is 43.4 Å². The summed E-state index contributed by atoms with van der Waals surface area (Å²) in [4.78, 5) is 18.1. The van der Waals surface area contributed by atoms with Gasteiger partial charge in [0.15, 0.2) is 6.61 Å². The van der Waals surface area contributed by atoms with Gasteiger partial charge in [-0.1, -0.05) is 11.6 Å². The highest BCUT2D eigenvalue weighted by Gasteiger charge is 2.23. The van der Waals surface area contributed by atoms with Crippen molar-refractivity contribution in [2.24, 2.45) is 5.73 Å². The summed E-state index contributed by atoms with van der Waals surface area (Å²) in [6, 6.07) is 7.25. The molecule has 1 amide bonds. The Labute approximate surface area is 152 Å². The zero-order chi connectivity index (χ0) is 14.8. The minimum Gasteiger partial charge on any atom is -0.481 e. The van der Waals surface area contributed by atoms with Crippen LogP contribution in [0.1, 0.15) is 6.42 Å². The van der Waals surface area contributed by atoms with Crippen LogP contribution in [-0.4, -0.2) is 41.5 Å². The van der Waals surface area contributed by atoms with Gasteiger partial charge in [0.05, 0.1) is 5.02 Å². The first-order chi connectivity index (χ1) is 10.1. The smallest absolute Gasteiger partial charge is 0.260 e. The molecule has 1 aromatic carbocycles. The second-order valence-corrected chi connectivity index (χ2v) is 5.53. The summed E-state index contributed by atoms with van der Waals surface area (Å²) in [6.07, 6.45) is 2.52. The van der Waals surface area contributed by atoms with E-state index in [4.69, 9.17) is 22.1 Å². The van der Waals surface area contributed by atoms with Gasteiger partial charge in [0.2, 0.25) is 0 Å². The van der Waals surface area contributed by atoms with E-state index in [1.54, 1.807) is 23.2 Å². The van der Waals surface area contributed by atoms with Crippen LogP contribution in [0.5, 0.6) is 5.75 Å². The van der Waals surface area contributed by atoms with E-state index in [2.05, 4.69) is 4.98 Å². The maximum Gasteiger partial charge on any atom is 0.260 e. The molecule has 23 heavy (non-hydrogen) atoms. The topological polar surface area (TPSA) is 68.5 Å². The first-order valence-corrected chi connectivity index (χ1v) is 7.22. The number of benzene rings is 1. The molecule has 2 aromatic rings. The van der Waals surface area contributed by atoms with Crippen LogP contribution in [0, 0.1) is 0 Å². The molecule has 1 fully saturated rings. The molecule has 1 atom stereocenters. The molecule has 5 nitrogen and oxygen atoms in total. The van der Waals surface area contributed by atoms with Gasteiger partial charge in [0, 0.05) is 30.7 Å². The maximum absolute atomic E-state index is 12.1. The average Bonchev–Trinajstić information content (AvgIpc) is 2.93. The van der Waals surface area contributed by atoms with Crippen molar-refractivity contribution in [3.05, 3.63) is 35.5 Å². The fraction of sp³-hybridized carbons (Fsp3) is 0.333. The second-order valence-electron chi connectivity index (χ2n) is 5.12. The van der Waals surface area contributed by atoms with E-state index in [9.17, 15) is 4.79 Å². The van der Waals surface area contributed by atoms with Gasteiger partial charge in [-0.2, -0.15) is 0 Å². The number of hydrogen-bond donors (Lipinski definition) is 1. The normalized spacial score (nSPS) is 16.6. The van der Waals surface area contributed by atoms with Crippen molar-refractivity contribution >= 4 is 53.2 Å². The molecule has 0 saturated carbocycles. The molecule has 8 heteroatoms. The lowest BCUT2D eigenvalue weighted by molar-refractivity contribution is -0.132. The number of halogens is 3. The highest BCUT2D eigenvalue weighted by atomic mass is 35.5. The lowest BCUT2D eigenvalue weighted by atomic mass is 10.2. The molecule has 126 valence electrons. The number of likely N-dealkylation sites (tertiary alicyclic amines) is 1. The van der Waals surface area contributed by atoms with Crippen LogP contribution >= 0.6 is 36.4 Å². The number of carbonyl (C=O) groups is 1. The molecule has 0 spiro atoms. The number of nitrogens with two attached hydrogens (primary N) is 1. The maximum atomic E-state index is 12.1. The molecule has 0 unspecified atom stereocenters. The molecule has 1 aliphatic rings. The molecule has 0 bridgehead atoms. The Balaban J connectivity index is 0.00000132. The Morgan fingerprint density at radius 2 is 2.17 bits per heavy atom. The highest BCUT2D eigenvalue weighted by Crippen LogP contribution is 2.29. The number of pyridine rings is 1. The zero-order valence-corrected chi connectivity index (χ0v) is 14.7. The number of amides is 1. The van der Waals surface area contributed by atoms with Crippen LogP contribution in [0.15, 0.2) is 30.5 Å². The van der Waals surface area contributed by atoms with Crippen molar-refractivity contribution in [1.29, 1.82) is 0 Å². The minimum absolute atomic E-state index is 0. The molecule has 0 aliphatic carbocycles. The van der Waals surface area contributed by atoms with Crippen LogP contribution < -0.4 is 10.5 Å². The molecular formula is C15H18Cl3N3O2. The van der Waals surface area contributed by atoms with E-state index in [1.165, 1.54) is 0 Å². The average molecular weight is 379 g/mol. The van der Waals surface area contributed by atoms with E-state index in [1.807, 2.05) is 12.1 Å². The van der Waals surface area contributed by atoms with Crippen LogP contribution in [0.2, 0.25) is 5.02 Å². The third-order valence-electron chi connectivity index (χ3n) is 3.61. The van der Waals surface area contributed by atoms with E-state index < -0.39 is 0 Å². The minimum atomic E-state index is -0.0537. The summed E-state index contributed by atoms with van der Waals surface area (Å²) in [7, 11) is 0. The van der Waals surface area contributed by atoms with Gasteiger partial charge in [-0.25, -0.2) is 0 Å². The Morgan fingerprint density at radius 1 is 1.39 bits per heavy atom. The van der Waals surface area contributed by atoms with Crippen LogP contribution in [0.3, 0.4) is 0 Å². The number of nitrogens with zero attached hydrogens (tertiary/aromatic N) is 2. The SMILES string of the molecule is Cl.Cl.N[C@@H]1CCN(C(=O)COc2ccc(Cl)c3cccnc23)C1. The summed E-state index contributed by atoms with van der Waals surface area (Å²) in [5, 5.41) is 1.43. The van der Waals surface area contributed by atoms with Gasteiger partial charge in [0.1, 0.15) is 11.3 Å². The van der Waals surface area contributed by atoms with Gasteiger partial charge in [0.25, 0.3) is 5.91 Å². The lowest BCUT2D eigenvalue weighted by Crippen LogP contribution is -2.35. The molecule has 2 N–H and O–H groups in total. The number of ether oxygens (including phenoxy) is 1. The van der Waals surface area contributed by atoms with Crippen LogP contribution in [-0.2, 0) is 4.79 Å². The standard InChI is InChI=1S/C15H16ClN3O2.2ClH/c16-12-3-4-13(15-11(12)2-1-6-18-15)21-9-14(20)19-7-5-10(17)8-19;;/h1-4,6,10H,5,7-9,17H2;2*1H/t10-;;/m1../s1. The van der Waals surface area contributed by atoms with E-state index in [0.29, 0.717) is 29.4 Å². The fourth-order valence-corrected chi connectivity index (χ4v) is 2.69. The summed E-state index contributed by atoms with van der Waals surface area (Å²) in [5.74, 6) is 0.508. The van der Waals surface area contributed by atoms with E-state index in [0.717, 1.165) is 11.8 Å². The van der Waals surface area contributed by atoms with Gasteiger partial charge in [-0.05, 0) is 30.7 Å². The number of aromatic nitrogens is 1. The third kappa shape index (κ3) is 4.38. The zero-order valence-electron chi connectivity index (χ0n) is 12.3. The highest BCUT2D eigenvalue weighted by molar-refractivity contribution is 6.35. The van der Waals surface area contributed by atoms with Crippen LogP contribution in [0.25, 0.3) is 10.9 Å². The molecule has 1 aromatic heterocycles. The van der Waals surface area contributed by atoms with Gasteiger partial charge < -0.3 is 15.4 Å². The first kappa shape index (κ1) is 19.8. The van der Waals surface area contributed by atoms with Crippen molar-refractivity contribution < 1.29 is 9.53 Å². The quantitative estimate of drug-likeness (QED) is 0.891. The second kappa shape index (κ2) is 8.55. The Bertz CT molecular complexity index is 684. The Morgan fingerprint density at radius 3 is 2.87 bits per heavy atom. The predicted molar refractivity (Wildman–Crippen MR) is 95.9 cm³/mol. The van der Waals surface area contributed by atoms with Crippen molar-refractivity contribution in [2.75, 3.05) is 19.7 Å². The number of carbonyl (C=O) groups excluding carboxylic acids is 1. The van der Waals surface area contributed by atoms with Crippen molar-refractivity contribution in [1.82, 2.24) is 9.88 Å². The van der Waals surface area contributed by atoms with Gasteiger partial charge >= 0.3 is 0 Å². The number of fused-ring (bicyclic) bond motifs is 1. The van der Waals surface area contributed by atoms with Crippen molar-refractivity contribution in [3.8, 4) is 5.75 Å². The summed E-state index contributed by atoms with van der Waals surface area (Å²) in [5.41, 5.74) is 6.46. The van der Waals surface area contributed by atoms with Crippen molar-refractivity contribution in [2.45, 2.75) is 12.5 Å². The summed E-state index contributed by atoms with van der Waals surface area (Å²) in [6.45, 7) is 1.28. The third-order valence-corrected chi connectivity index (χ3v) is 3.94. The van der Waals surface area contributed by atoms with Crippen LogP contribution in [0.4, 0.5) is 0 Å². The molecule has 1 aliphatic heterocycles. The monoisotopic (exact) mass is 377 g/mol. The van der Waals surface area contributed by atoms with Gasteiger partial charge in [-0.3, -0.25) is 9.78 Å². The largest absolute Gasteiger partial charge is 0.481 e. The molecule has 1 saturated heterocycles. The lowest BCUT2D eigenvalue weighted by Gasteiger charge is -2.16. The number of hydrogen-bond acceptors (Lipinski definition) is 4. The predicted octanol–water partition coefficient (Wildman–Crippen LogP) is 2.67. The molecule has 3 rings (SSSR count). The Hall–Kier alpha value is -1.27. The molecule has 0 radical (unpaired) electrons. The first-order valence-electron chi connectivity index (χ1n) is 6.84. The summed E-state index contributed by atoms with van der Waals surface area (Å²) < 4.78 is 5.63. The van der Waals surface area contributed by atoms with Crippen molar-refractivity contribution in [3.63, 3.8) is 0 Å². The molecular weight excluding hydrogens is 361 g/mol. The van der Waals surface area contributed by atoms with Gasteiger partial charge in [-0.15, -0.1) is 24.8 Å². The van der Waals surface area contributed by atoms with E-state index >= 15 is 0 Å². The molecule has 2 heterocycles. The fourth-order valence-electron chi connectivity index (χ4n) is 2.47. The number of rotatable bonds is 3. The Kier molecular flexibility index (Phi) is 7.35. The summed E-state index contributed by atoms with van der Waals surface area (Å²) >= 11 is 6.13.